The Labute approximate surface area is 248 Å². The Bertz CT molecular complexity index is 1270. The van der Waals surface area contributed by atoms with Gasteiger partial charge in [-0.05, 0) is 77.1 Å². The molecule has 1 saturated carbocycles. The molecule has 2 atom stereocenters. The Morgan fingerprint density at radius 1 is 0.952 bits per heavy atom. The van der Waals surface area contributed by atoms with Crippen LogP contribution in [0.2, 0.25) is 0 Å². The zero-order valence-corrected chi connectivity index (χ0v) is 25.4. The number of ether oxygens (including phenoxy) is 2. The number of esters is 1. The molecule has 0 spiro atoms. The molecule has 3 amide bonds. The zero-order chi connectivity index (χ0) is 31.1. The van der Waals surface area contributed by atoms with Crippen LogP contribution in [0.25, 0.3) is 6.08 Å². The van der Waals surface area contributed by atoms with Gasteiger partial charge in [-0.3, -0.25) is 9.59 Å². The van der Waals surface area contributed by atoms with Crippen molar-refractivity contribution in [2.24, 2.45) is 0 Å². The van der Waals surface area contributed by atoms with Gasteiger partial charge in [-0.1, -0.05) is 61.2 Å². The van der Waals surface area contributed by atoms with E-state index in [0.29, 0.717) is 18.4 Å². The summed E-state index contributed by atoms with van der Waals surface area (Å²) in [6.45, 7) is 14.0. The van der Waals surface area contributed by atoms with E-state index in [9.17, 15) is 19.2 Å². The van der Waals surface area contributed by atoms with Crippen LogP contribution in [0, 0.1) is 0 Å². The molecular weight excluding hydrogens is 534 g/mol. The minimum absolute atomic E-state index is 0.199. The van der Waals surface area contributed by atoms with Gasteiger partial charge in [0, 0.05) is 12.5 Å². The normalized spacial score (nSPS) is 14.6. The molecule has 0 saturated heterocycles. The molecule has 42 heavy (non-hydrogen) atoms. The number of carbonyl (C=O) groups excluding carboxylic acids is 4. The van der Waals surface area contributed by atoms with Crippen molar-refractivity contribution >= 4 is 30.0 Å². The van der Waals surface area contributed by atoms with Gasteiger partial charge in [-0.15, -0.1) is 0 Å². The van der Waals surface area contributed by atoms with Gasteiger partial charge in [0.05, 0.1) is 0 Å². The number of nitrogens with one attached hydrogen (secondary N) is 2. The second kappa shape index (κ2) is 13.7. The molecule has 226 valence electrons. The summed E-state index contributed by atoms with van der Waals surface area (Å²) in [5.41, 5.74) is 0.679. The first kappa shape index (κ1) is 32.4. The van der Waals surface area contributed by atoms with Crippen LogP contribution in [0.15, 0.2) is 61.2 Å². The molecule has 9 nitrogen and oxygen atoms in total. The van der Waals surface area contributed by atoms with E-state index in [1.165, 1.54) is 4.90 Å². The van der Waals surface area contributed by atoms with Crippen molar-refractivity contribution in [1.29, 1.82) is 0 Å². The summed E-state index contributed by atoms with van der Waals surface area (Å²) >= 11 is 0. The minimum Gasteiger partial charge on any atom is -0.458 e. The highest BCUT2D eigenvalue weighted by molar-refractivity contribution is 5.93. The maximum atomic E-state index is 14.2. The fraction of sp³-hybridized carbons (Fsp3) is 0.455. The lowest BCUT2D eigenvalue weighted by molar-refractivity contribution is -0.159. The van der Waals surface area contributed by atoms with E-state index in [2.05, 4.69) is 17.2 Å². The van der Waals surface area contributed by atoms with Gasteiger partial charge < -0.3 is 25.0 Å². The zero-order valence-electron chi connectivity index (χ0n) is 25.4. The summed E-state index contributed by atoms with van der Waals surface area (Å²) in [7, 11) is 0. The average molecular weight is 578 g/mol. The molecule has 2 aromatic rings. The Morgan fingerprint density at radius 2 is 1.60 bits per heavy atom. The number of hydrogen-bond donors (Lipinski definition) is 2. The first-order valence-electron chi connectivity index (χ1n) is 14.2. The lowest BCUT2D eigenvalue weighted by Crippen LogP contribution is -2.52. The Hall–Kier alpha value is -4.14. The second-order valence-electron chi connectivity index (χ2n) is 12.4. The van der Waals surface area contributed by atoms with Crippen LogP contribution in [-0.4, -0.2) is 58.6 Å². The quantitative estimate of drug-likeness (QED) is 0.365. The molecule has 1 fully saturated rings. The van der Waals surface area contributed by atoms with Crippen LogP contribution in [0.3, 0.4) is 0 Å². The second-order valence-corrected chi connectivity index (χ2v) is 12.4. The Kier molecular flexibility index (Phi) is 10.5. The molecule has 0 radical (unpaired) electrons. The predicted molar refractivity (Wildman–Crippen MR) is 161 cm³/mol. The topological polar surface area (TPSA) is 114 Å². The summed E-state index contributed by atoms with van der Waals surface area (Å²) in [5, 5.41) is 5.41. The van der Waals surface area contributed by atoms with Crippen molar-refractivity contribution in [3.63, 3.8) is 0 Å². The van der Waals surface area contributed by atoms with Gasteiger partial charge in [-0.25, -0.2) is 9.59 Å². The van der Waals surface area contributed by atoms with Crippen molar-refractivity contribution in [2.75, 3.05) is 6.54 Å². The molecule has 2 N–H and O–H groups in total. The molecule has 3 rings (SSSR count). The summed E-state index contributed by atoms with van der Waals surface area (Å²) in [5.74, 6) is -1.54. The van der Waals surface area contributed by atoms with E-state index in [-0.39, 0.29) is 19.0 Å². The van der Waals surface area contributed by atoms with Gasteiger partial charge in [0.1, 0.15) is 29.8 Å². The van der Waals surface area contributed by atoms with Gasteiger partial charge in [0.25, 0.3) is 0 Å². The highest BCUT2D eigenvalue weighted by atomic mass is 16.6. The third-order valence-corrected chi connectivity index (χ3v) is 6.29. The number of benzene rings is 2. The first-order valence-corrected chi connectivity index (χ1v) is 14.2. The highest BCUT2D eigenvalue weighted by Gasteiger charge is 2.42. The molecule has 2 aromatic carbocycles. The van der Waals surface area contributed by atoms with Gasteiger partial charge >= 0.3 is 12.1 Å². The molecule has 0 heterocycles. The fourth-order valence-electron chi connectivity index (χ4n) is 4.43. The van der Waals surface area contributed by atoms with Crippen molar-refractivity contribution in [3.8, 4) is 0 Å². The van der Waals surface area contributed by atoms with Crippen molar-refractivity contribution in [1.82, 2.24) is 15.5 Å². The molecule has 0 aliphatic heterocycles. The number of amides is 3. The van der Waals surface area contributed by atoms with Gasteiger partial charge in [-0.2, -0.15) is 0 Å². The van der Waals surface area contributed by atoms with E-state index in [1.807, 2.05) is 36.4 Å². The van der Waals surface area contributed by atoms with Crippen LogP contribution in [-0.2, 0) is 30.3 Å². The minimum atomic E-state index is -1.06. The molecule has 1 aliphatic rings. The average Bonchev–Trinajstić information content (AvgIpc) is 3.73. The van der Waals surface area contributed by atoms with Crippen molar-refractivity contribution in [3.05, 3.63) is 77.9 Å². The molecule has 0 aromatic heterocycles. The summed E-state index contributed by atoms with van der Waals surface area (Å²) in [6.07, 6.45) is 2.56. The largest absolute Gasteiger partial charge is 0.458 e. The van der Waals surface area contributed by atoms with Gasteiger partial charge in [0.2, 0.25) is 11.8 Å². The third kappa shape index (κ3) is 10.0. The number of alkyl carbamates (subject to hydrolysis) is 1. The van der Waals surface area contributed by atoms with E-state index < -0.39 is 47.2 Å². The maximum absolute atomic E-state index is 14.2. The van der Waals surface area contributed by atoms with E-state index in [4.69, 9.17) is 9.47 Å². The van der Waals surface area contributed by atoms with Crippen LogP contribution >= 0.6 is 0 Å². The van der Waals surface area contributed by atoms with E-state index in [1.54, 1.807) is 65.8 Å². The molecule has 9 heteroatoms. The van der Waals surface area contributed by atoms with Crippen LogP contribution in [0.5, 0.6) is 0 Å². The number of hydrogen-bond acceptors (Lipinski definition) is 6. The summed E-state index contributed by atoms with van der Waals surface area (Å²) in [6, 6.07) is 14.3. The van der Waals surface area contributed by atoms with Crippen LogP contribution in [0.1, 0.15) is 77.1 Å². The Balaban J connectivity index is 1.95. The first-order chi connectivity index (χ1) is 19.7. The van der Waals surface area contributed by atoms with Crippen molar-refractivity contribution in [2.45, 2.75) is 90.1 Å². The fourth-order valence-corrected chi connectivity index (χ4v) is 4.43. The lowest BCUT2D eigenvalue weighted by atomic mass is 9.99. The predicted octanol–water partition coefficient (Wildman–Crippen LogP) is 4.96. The third-order valence-electron chi connectivity index (χ3n) is 6.29. The standard InChI is InChI=1S/C33H43N3O6/c1-8-22-15-12-16-24(19-22)28(36(25-17-18-25)27(37)21-34-31(40)42-33(5,6)7)29(38)35-26(30(39)41-32(2,3)4)20-23-13-10-9-11-14-23/h8-16,19,25-26,28H,1,17-18,20-21H2,2-7H3,(H,34,40)(H,35,38). The molecule has 1 aliphatic carbocycles. The SMILES string of the molecule is C=Cc1cccc(C(C(=O)NC(Cc2ccccc2)C(=O)OC(C)(C)C)N(C(=O)CNC(=O)OC(C)(C)C)C2CC2)c1. The smallest absolute Gasteiger partial charge is 0.408 e. The summed E-state index contributed by atoms with van der Waals surface area (Å²) in [4.78, 5) is 54.9. The van der Waals surface area contributed by atoms with E-state index >= 15 is 0 Å². The molecule has 2 unspecified atom stereocenters. The summed E-state index contributed by atoms with van der Waals surface area (Å²) < 4.78 is 10.9. The lowest BCUT2D eigenvalue weighted by Gasteiger charge is -2.33. The Morgan fingerprint density at radius 3 is 2.17 bits per heavy atom. The van der Waals surface area contributed by atoms with Crippen LogP contribution < -0.4 is 10.6 Å². The van der Waals surface area contributed by atoms with Crippen LogP contribution in [0.4, 0.5) is 4.79 Å². The van der Waals surface area contributed by atoms with Gasteiger partial charge in [0.15, 0.2) is 0 Å². The molecule has 0 bridgehead atoms. The maximum Gasteiger partial charge on any atom is 0.408 e. The number of rotatable bonds is 11. The monoisotopic (exact) mass is 577 g/mol. The van der Waals surface area contributed by atoms with E-state index in [0.717, 1.165) is 11.1 Å². The van der Waals surface area contributed by atoms with Crippen molar-refractivity contribution < 1.29 is 28.7 Å². The molecular formula is C33H43N3O6. The number of carbonyl (C=O) groups is 4. The highest BCUT2D eigenvalue weighted by Crippen LogP contribution is 2.35. The number of nitrogens with zero attached hydrogens (tertiary/aromatic N) is 1.